The van der Waals surface area contributed by atoms with E-state index in [0.717, 1.165) is 29.6 Å². The number of anilines is 1. The summed E-state index contributed by atoms with van der Waals surface area (Å²) in [5.41, 5.74) is 3.78. The van der Waals surface area contributed by atoms with Crippen molar-refractivity contribution in [2.24, 2.45) is 0 Å². The Bertz CT molecular complexity index is 660. The first-order valence-electron chi connectivity index (χ1n) is 7.04. The van der Waals surface area contributed by atoms with Crippen molar-refractivity contribution in [2.75, 3.05) is 11.9 Å². The van der Waals surface area contributed by atoms with Gasteiger partial charge in [-0.15, -0.1) is 0 Å². The van der Waals surface area contributed by atoms with Crippen LogP contribution < -0.4 is 5.32 Å². The van der Waals surface area contributed by atoms with E-state index in [1.54, 1.807) is 6.20 Å². The van der Waals surface area contributed by atoms with E-state index in [0.29, 0.717) is 5.56 Å². The molecule has 1 aromatic carbocycles. The molecule has 0 spiro atoms. The van der Waals surface area contributed by atoms with Crippen LogP contribution in [-0.2, 0) is 5.41 Å². The average Bonchev–Trinajstić information content (AvgIpc) is 2.42. The number of nitrogens with zero attached hydrogens (tertiary/aromatic N) is 2. The quantitative estimate of drug-likeness (QED) is 0.905. The van der Waals surface area contributed by atoms with Crippen molar-refractivity contribution in [3.63, 3.8) is 0 Å². The minimum Gasteiger partial charge on any atom is -0.383 e. The topological polar surface area (TPSA) is 48.7 Å². The number of pyridine rings is 1. The van der Waals surface area contributed by atoms with Gasteiger partial charge in [-0.3, -0.25) is 4.98 Å². The maximum absolute atomic E-state index is 9.28. The van der Waals surface area contributed by atoms with Crippen LogP contribution in [0.15, 0.2) is 24.4 Å². The maximum Gasteiger partial charge on any atom is 0.103 e. The maximum atomic E-state index is 9.28. The summed E-state index contributed by atoms with van der Waals surface area (Å²) in [6, 6.07) is 8.54. The minimum absolute atomic E-state index is 0.0822. The van der Waals surface area contributed by atoms with E-state index < -0.39 is 0 Å². The minimum atomic E-state index is 0.0822. The molecular weight excluding hydrogens is 246 g/mol. The predicted molar refractivity (Wildman–Crippen MR) is 83.9 cm³/mol. The third kappa shape index (κ3) is 2.75. The van der Waals surface area contributed by atoms with Crippen molar-refractivity contribution in [1.29, 1.82) is 5.26 Å². The summed E-state index contributed by atoms with van der Waals surface area (Å²) in [6.07, 6.45) is 2.67. The zero-order valence-corrected chi connectivity index (χ0v) is 12.6. The lowest BCUT2D eigenvalue weighted by Gasteiger charge is -2.20. The van der Waals surface area contributed by atoms with Crippen LogP contribution >= 0.6 is 0 Å². The normalized spacial score (nSPS) is 11.3. The van der Waals surface area contributed by atoms with Gasteiger partial charge in [0.05, 0.1) is 16.8 Å². The van der Waals surface area contributed by atoms with Crippen molar-refractivity contribution in [1.82, 2.24) is 4.98 Å². The van der Waals surface area contributed by atoms with E-state index in [9.17, 15) is 5.26 Å². The number of nitrogens with one attached hydrogen (secondary N) is 1. The molecule has 0 aliphatic carbocycles. The summed E-state index contributed by atoms with van der Waals surface area (Å²) in [7, 11) is 0. The van der Waals surface area contributed by atoms with Crippen LogP contribution in [0, 0.1) is 11.3 Å². The zero-order valence-electron chi connectivity index (χ0n) is 12.6. The van der Waals surface area contributed by atoms with Gasteiger partial charge < -0.3 is 5.32 Å². The lowest BCUT2D eigenvalue weighted by atomic mass is 9.86. The number of aromatic nitrogens is 1. The number of hydrogen-bond donors (Lipinski definition) is 1. The highest BCUT2D eigenvalue weighted by Crippen LogP contribution is 2.30. The molecule has 2 aromatic rings. The van der Waals surface area contributed by atoms with Crippen LogP contribution in [0.2, 0.25) is 0 Å². The first-order valence-corrected chi connectivity index (χ1v) is 7.04. The van der Waals surface area contributed by atoms with Gasteiger partial charge in [0.15, 0.2) is 0 Å². The molecule has 104 valence electrons. The van der Waals surface area contributed by atoms with Gasteiger partial charge in [0.2, 0.25) is 0 Å². The van der Waals surface area contributed by atoms with Gasteiger partial charge in [0.25, 0.3) is 0 Å². The van der Waals surface area contributed by atoms with Gasteiger partial charge in [-0.2, -0.15) is 5.26 Å². The first kappa shape index (κ1) is 14.3. The molecule has 1 heterocycles. The molecule has 0 aliphatic heterocycles. The molecule has 0 saturated heterocycles. The molecule has 1 N–H and O–H groups in total. The van der Waals surface area contributed by atoms with Gasteiger partial charge in [0.1, 0.15) is 6.07 Å². The number of rotatable bonds is 3. The highest BCUT2D eigenvalue weighted by atomic mass is 14.9. The van der Waals surface area contributed by atoms with Crippen molar-refractivity contribution in [3.8, 4) is 6.07 Å². The van der Waals surface area contributed by atoms with Gasteiger partial charge in [-0.25, -0.2) is 0 Å². The molecule has 0 atom stereocenters. The van der Waals surface area contributed by atoms with Crippen molar-refractivity contribution < 1.29 is 0 Å². The summed E-state index contributed by atoms with van der Waals surface area (Å²) < 4.78 is 0. The molecular formula is C17H21N3. The van der Waals surface area contributed by atoms with E-state index in [1.165, 1.54) is 5.56 Å². The molecule has 0 radical (unpaired) electrons. The Morgan fingerprint density at radius 1 is 1.30 bits per heavy atom. The van der Waals surface area contributed by atoms with Crippen molar-refractivity contribution in [2.45, 2.75) is 39.5 Å². The van der Waals surface area contributed by atoms with E-state index in [1.807, 2.05) is 6.07 Å². The van der Waals surface area contributed by atoms with Gasteiger partial charge in [-0.1, -0.05) is 33.8 Å². The number of benzene rings is 1. The summed E-state index contributed by atoms with van der Waals surface area (Å²) in [5.74, 6) is 0. The predicted octanol–water partition coefficient (Wildman–Crippen LogP) is 4.23. The van der Waals surface area contributed by atoms with Crippen LogP contribution in [0.4, 0.5) is 5.69 Å². The van der Waals surface area contributed by atoms with Crippen LogP contribution in [0.1, 0.15) is 45.2 Å². The second kappa shape index (κ2) is 5.50. The number of fused-ring (bicyclic) bond motifs is 1. The second-order valence-corrected chi connectivity index (χ2v) is 6.07. The van der Waals surface area contributed by atoms with E-state index in [4.69, 9.17) is 0 Å². The Morgan fingerprint density at radius 3 is 2.65 bits per heavy atom. The van der Waals surface area contributed by atoms with Gasteiger partial charge >= 0.3 is 0 Å². The van der Waals surface area contributed by atoms with Crippen LogP contribution in [-0.4, -0.2) is 11.5 Å². The Hall–Kier alpha value is -2.08. The molecule has 0 aliphatic rings. The molecule has 0 saturated carbocycles. The zero-order chi connectivity index (χ0) is 14.8. The fourth-order valence-corrected chi connectivity index (χ4v) is 2.18. The molecule has 0 amide bonds. The molecule has 2 rings (SSSR count). The number of hydrogen-bond acceptors (Lipinski definition) is 3. The Kier molecular flexibility index (Phi) is 3.94. The monoisotopic (exact) mass is 267 g/mol. The highest BCUT2D eigenvalue weighted by Gasteiger charge is 2.16. The highest BCUT2D eigenvalue weighted by molar-refractivity contribution is 5.94. The number of nitriles is 1. The molecule has 1 aromatic heterocycles. The smallest absolute Gasteiger partial charge is 0.103 e. The van der Waals surface area contributed by atoms with E-state index in [-0.39, 0.29) is 5.41 Å². The fraction of sp³-hybridized carbons (Fsp3) is 0.412. The molecule has 20 heavy (non-hydrogen) atoms. The van der Waals surface area contributed by atoms with Gasteiger partial charge in [-0.05, 0) is 29.5 Å². The first-order chi connectivity index (χ1) is 9.47. The standard InChI is InChI=1S/C17H21N3/c1-5-8-19-16-12(10-18)11-20-15-7-6-13(9-14(15)16)17(2,3)4/h6-7,9,11H,5,8H2,1-4H3,(H,19,20). The summed E-state index contributed by atoms with van der Waals surface area (Å²) in [6.45, 7) is 9.54. The van der Waals surface area contributed by atoms with E-state index in [2.05, 4.69) is 56.2 Å². The molecule has 0 fully saturated rings. The molecule has 3 nitrogen and oxygen atoms in total. The summed E-state index contributed by atoms with van der Waals surface area (Å²) in [5, 5.41) is 13.7. The third-order valence-corrected chi connectivity index (χ3v) is 3.41. The fourth-order valence-electron chi connectivity index (χ4n) is 2.18. The van der Waals surface area contributed by atoms with Gasteiger partial charge in [0, 0.05) is 18.1 Å². The Balaban J connectivity index is 2.67. The molecule has 0 unspecified atom stereocenters. The Morgan fingerprint density at radius 2 is 2.05 bits per heavy atom. The third-order valence-electron chi connectivity index (χ3n) is 3.41. The van der Waals surface area contributed by atoms with Crippen LogP contribution in [0.25, 0.3) is 10.9 Å². The molecule has 0 bridgehead atoms. The molecule has 3 heteroatoms. The summed E-state index contributed by atoms with van der Waals surface area (Å²) in [4.78, 5) is 4.38. The lowest BCUT2D eigenvalue weighted by Crippen LogP contribution is -2.11. The largest absolute Gasteiger partial charge is 0.383 e. The van der Waals surface area contributed by atoms with Crippen molar-refractivity contribution >= 4 is 16.6 Å². The Labute approximate surface area is 120 Å². The summed E-state index contributed by atoms with van der Waals surface area (Å²) >= 11 is 0. The average molecular weight is 267 g/mol. The van der Waals surface area contributed by atoms with Crippen molar-refractivity contribution in [3.05, 3.63) is 35.5 Å². The SMILES string of the molecule is CCCNc1c(C#N)cnc2ccc(C(C)(C)C)cc12. The lowest BCUT2D eigenvalue weighted by molar-refractivity contribution is 0.591. The second-order valence-electron chi connectivity index (χ2n) is 6.07. The van der Waals surface area contributed by atoms with Crippen LogP contribution in [0.3, 0.4) is 0 Å². The van der Waals surface area contributed by atoms with E-state index >= 15 is 0 Å². The van der Waals surface area contributed by atoms with Crippen LogP contribution in [0.5, 0.6) is 0 Å².